The van der Waals surface area contributed by atoms with Crippen molar-refractivity contribution in [3.63, 3.8) is 0 Å². The summed E-state index contributed by atoms with van der Waals surface area (Å²) in [5.74, 6) is 0.189. The van der Waals surface area contributed by atoms with Crippen LogP contribution >= 0.6 is 0 Å². The van der Waals surface area contributed by atoms with Crippen molar-refractivity contribution in [2.45, 2.75) is 25.5 Å². The molecule has 0 spiro atoms. The molecular weight excluding hydrogens is 240 g/mol. The summed E-state index contributed by atoms with van der Waals surface area (Å²) >= 11 is 0. The van der Waals surface area contributed by atoms with Gasteiger partial charge in [0, 0.05) is 19.8 Å². The second-order valence-corrected chi connectivity index (χ2v) is 3.93. The van der Waals surface area contributed by atoms with Crippen LogP contribution in [-0.2, 0) is 4.74 Å². The molecule has 1 N–H and O–H groups in total. The van der Waals surface area contributed by atoms with Crippen molar-refractivity contribution in [2.75, 3.05) is 20.8 Å². The summed E-state index contributed by atoms with van der Waals surface area (Å²) in [7, 11) is 3.50. The van der Waals surface area contributed by atoms with Crippen LogP contribution in [0, 0.1) is 0 Å². The largest absolute Gasteiger partial charge is 0.435 e. The first-order chi connectivity index (χ1) is 8.67. The van der Waals surface area contributed by atoms with Crippen LogP contribution in [0.3, 0.4) is 0 Å². The molecular formula is C13H19F2NO2. The topological polar surface area (TPSA) is 30.5 Å². The summed E-state index contributed by atoms with van der Waals surface area (Å²) in [5.41, 5.74) is 0.937. The van der Waals surface area contributed by atoms with E-state index in [-0.39, 0.29) is 11.8 Å². The Morgan fingerprint density at radius 2 is 2.11 bits per heavy atom. The highest BCUT2D eigenvalue weighted by atomic mass is 19.3. The summed E-state index contributed by atoms with van der Waals surface area (Å²) < 4.78 is 33.6. The maximum absolute atomic E-state index is 12.1. The van der Waals surface area contributed by atoms with Gasteiger partial charge >= 0.3 is 6.61 Å². The van der Waals surface area contributed by atoms with Crippen LogP contribution < -0.4 is 10.1 Å². The van der Waals surface area contributed by atoms with E-state index in [0.29, 0.717) is 6.61 Å². The second kappa shape index (κ2) is 8.00. The lowest BCUT2D eigenvalue weighted by Gasteiger charge is -2.17. The average molecular weight is 259 g/mol. The minimum atomic E-state index is -2.79. The highest BCUT2D eigenvalue weighted by Crippen LogP contribution is 2.23. The van der Waals surface area contributed by atoms with Crippen LogP contribution in [0.25, 0.3) is 0 Å². The normalized spacial score (nSPS) is 12.7. The van der Waals surface area contributed by atoms with Gasteiger partial charge in [0.2, 0.25) is 0 Å². The molecule has 0 fully saturated rings. The molecule has 0 saturated carbocycles. The Bertz CT molecular complexity index is 348. The molecule has 0 aliphatic rings. The predicted octanol–water partition coefficient (Wildman–Crippen LogP) is 2.98. The van der Waals surface area contributed by atoms with Crippen molar-refractivity contribution < 1.29 is 18.3 Å². The molecule has 0 aromatic heterocycles. The second-order valence-electron chi connectivity index (χ2n) is 3.93. The van der Waals surface area contributed by atoms with Gasteiger partial charge < -0.3 is 14.8 Å². The molecule has 0 radical (unpaired) electrons. The monoisotopic (exact) mass is 259 g/mol. The quantitative estimate of drug-likeness (QED) is 0.728. The van der Waals surface area contributed by atoms with E-state index in [9.17, 15) is 8.78 Å². The van der Waals surface area contributed by atoms with Crippen molar-refractivity contribution in [2.24, 2.45) is 0 Å². The van der Waals surface area contributed by atoms with E-state index in [0.717, 1.165) is 18.4 Å². The lowest BCUT2D eigenvalue weighted by Crippen LogP contribution is -2.17. The molecule has 1 atom stereocenters. The third kappa shape index (κ3) is 4.98. The fourth-order valence-electron chi connectivity index (χ4n) is 1.82. The number of nitrogens with one attached hydrogen (secondary N) is 1. The molecule has 0 bridgehead atoms. The molecule has 0 aliphatic heterocycles. The molecule has 1 aromatic carbocycles. The standard InChI is InChI=1S/C13H19F2NO2/c1-16-12(7-4-8-17-2)10-5-3-6-11(9-10)18-13(14)15/h3,5-6,9,12-13,16H,4,7-8H2,1-2H3. The zero-order chi connectivity index (χ0) is 13.4. The van der Waals surface area contributed by atoms with E-state index in [1.165, 1.54) is 6.07 Å². The maximum atomic E-state index is 12.1. The SMILES string of the molecule is CNC(CCCOC)c1cccc(OC(F)F)c1. The van der Waals surface area contributed by atoms with Gasteiger partial charge in [-0.15, -0.1) is 0 Å². The number of benzene rings is 1. The summed E-state index contributed by atoms with van der Waals surface area (Å²) in [6, 6.07) is 6.89. The molecule has 1 rings (SSSR count). The molecule has 0 amide bonds. The highest BCUT2D eigenvalue weighted by molar-refractivity contribution is 5.30. The first kappa shape index (κ1) is 14.9. The lowest BCUT2D eigenvalue weighted by molar-refractivity contribution is -0.0499. The van der Waals surface area contributed by atoms with Gasteiger partial charge in [0.1, 0.15) is 5.75 Å². The van der Waals surface area contributed by atoms with E-state index < -0.39 is 6.61 Å². The minimum Gasteiger partial charge on any atom is -0.435 e. The van der Waals surface area contributed by atoms with Crippen LogP contribution in [0.1, 0.15) is 24.4 Å². The molecule has 102 valence electrons. The number of rotatable bonds is 8. The van der Waals surface area contributed by atoms with E-state index in [2.05, 4.69) is 10.1 Å². The van der Waals surface area contributed by atoms with Crippen LogP contribution in [-0.4, -0.2) is 27.4 Å². The Kier molecular flexibility index (Phi) is 6.60. The third-order valence-electron chi connectivity index (χ3n) is 2.68. The zero-order valence-electron chi connectivity index (χ0n) is 10.7. The van der Waals surface area contributed by atoms with Gasteiger partial charge in [-0.25, -0.2) is 0 Å². The summed E-state index contributed by atoms with van der Waals surface area (Å²) in [4.78, 5) is 0. The lowest BCUT2D eigenvalue weighted by atomic mass is 10.0. The van der Waals surface area contributed by atoms with E-state index in [1.54, 1.807) is 19.2 Å². The van der Waals surface area contributed by atoms with Crippen LogP contribution in [0.5, 0.6) is 5.75 Å². The van der Waals surface area contributed by atoms with Crippen LogP contribution in [0.15, 0.2) is 24.3 Å². The fraction of sp³-hybridized carbons (Fsp3) is 0.538. The first-order valence-corrected chi connectivity index (χ1v) is 5.88. The number of hydrogen-bond acceptors (Lipinski definition) is 3. The number of hydrogen-bond donors (Lipinski definition) is 1. The van der Waals surface area contributed by atoms with Crippen molar-refractivity contribution in [1.82, 2.24) is 5.32 Å². The van der Waals surface area contributed by atoms with Crippen molar-refractivity contribution in [3.8, 4) is 5.75 Å². The average Bonchev–Trinajstić information content (AvgIpc) is 2.34. The Balaban J connectivity index is 2.66. The Labute approximate surface area is 106 Å². The molecule has 1 aromatic rings. The van der Waals surface area contributed by atoms with Gasteiger partial charge in [-0.1, -0.05) is 12.1 Å². The smallest absolute Gasteiger partial charge is 0.387 e. The number of alkyl halides is 2. The van der Waals surface area contributed by atoms with Crippen molar-refractivity contribution in [1.29, 1.82) is 0 Å². The summed E-state index contributed by atoms with van der Waals surface area (Å²) in [5, 5.41) is 3.16. The first-order valence-electron chi connectivity index (χ1n) is 5.88. The van der Waals surface area contributed by atoms with Crippen molar-refractivity contribution >= 4 is 0 Å². The fourth-order valence-corrected chi connectivity index (χ4v) is 1.82. The Hall–Kier alpha value is -1.20. The van der Waals surface area contributed by atoms with Crippen LogP contribution in [0.2, 0.25) is 0 Å². The van der Waals surface area contributed by atoms with E-state index in [4.69, 9.17) is 4.74 Å². The number of methoxy groups -OCH3 is 1. The van der Waals surface area contributed by atoms with Gasteiger partial charge in [0.15, 0.2) is 0 Å². The Morgan fingerprint density at radius 3 is 2.72 bits per heavy atom. The molecule has 0 heterocycles. The van der Waals surface area contributed by atoms with Gasteiger partial charge in [-0.3, -0.25) is 0 Å². The summed E-state index contributed by atoms with van der Waals surface area (Å²) in [6.45, 7) is -2.10. The molecule has 0 aliphatic carbocycles. The van der Waals surface area contributed by atoms with Crippen LogP contribution in [0.4, 0.5) is 8.78 Å². The molecule has 0 saturated heterocycles. The molecule has 3 nitrogen and oxygen atoms in total. The predicted molar refractivity (Wildman–Crippen MR) is 66.0 cm³/mol. The van der Waals surface area contributed by atoms with Gasteiger partial charge in [0.25, 0.3) is 0 Å². The van der Waals surface area contributed by atoms with Gasteiger partial charge in [0.05, 0.1) is 0 Å². The summed E-state index contributed by atoms with van der Waals surface area (Å²) in [6.07, 6.45) is 1.78. The van der Waals surface area contributed by atoms with E-state index >= 15 is 0 Å². The minimum absolute atomic E-state index is 0.112. The maximum Gasteiger partial charge on any atom is 0.387 e. The molecule has 5 heteroatoms. The van der Waals surface area contributed by atoms with Gasteiger partial charge in [-0.2, -0.15) is 8.78 Å². The van der Waals surface area contributed by atoms with Crippen molar-refractivity contribution in [3.05, 3.63) is 29.8 Å². The van der Waals surface area contributed by atoms with Gasteiger partial charge in [-0.05, 0) is 37.6 Å². The highest BCUT2D eigenvalue weighted by Gasteiger charge is 2.11. The Morgan fingerprint density at radius 1 is 1.33 bits per heavy atom. The number of ether oxygens (including phenoxy) is 2. The third-order valence-corrected chi connectivity index (χ3v) is 2.68. The molecule has 18 heavy (non-hydrogen) atoms. The molecule has 1 unspecified atom stereocenters. The number of halogens is 2. The zero-order valence-corrected chi connectivity index (χ0v) is 10.7. The van der Waals surface area contributed by atoms with E-state index in [1.807, 2.05) is 13.1 Å².